The predicted octanol–water partition coefficient (Wildman–Crippen LogP) is 4.21. The van der Waals surface area contributed by atoms with Gasteiger partial charge in [0.2, 0.25) is 5.95 Å². The van der Waals surface area contributed by atoms with Crippen LogP contribution in [-0.4, -0.2) is 26.8 Å². The van der Waals surface area contributed by atoms with E-state index in [0.29, 0.717) is 11.5 Å². The zero-order valence-corrected chi connectivity index (χ0v) is 16.2. The summed E-state index contributed by atoms with van der Waals surface area (Å²) >= 11 is 3.46. The first-order valence-corrected chi connectivity index (χ1v) is 9.76. The molecule has 0 radical (unpaired) electrons. The van der Waals surface area contributed by atoms with E-state index in [1.807, 2.05) is 31.2 Å². The first-order valence-electron chi connectivity index (χ1n) is 8.97. The molecule has 1 aliphatic carbocycles. The Hall–Kier alpha value is -2.15. The van der Waals surface area contributed by atoms with Gasteiger partial charge >= 0.3 is 5.97 Å². The van der Waals surface area contributed by atoms with Gasteiger partial charge in [-0.2, -0.15) is 10.1 Å². The predicted molar refractivity (Wildman–Crippen MR) is 102 cm³/mol. The normalized spacial score (nSPS) is 20.5. The number of halogens is 1. The minimum atomic E-state index is -0.349. The standard InChI is InChI=1S/C19H21BrN4O2/c1-12-16(18(25)26-15-5-3-2-4-6-15)17(13-7-9-14(20)10-8-13)24-19(23-12)21-11-22-24/h7-11,15,17H,2-6H2,1H3,(H,21,22,23)/t17-/m1/s1. The fourth-order valence-corrected chi connectivity index (χ4v) is 3.97. The SMILES string of the molecule is CC1=C(C(=O)OC2CCCCC2)[C@@H](c2ccc(Br)cc2)n2ncnc2N1. The zero-order valence-electron chi connectivity index (χ0n) is 14.6. The first kappa shape index (κ1) is 17.3. The average Bonchev–Trinajstić information content (AvgIpc) is 3.10. The van der Waals surface area contributed by atoms with Crippen LogP contribution in [0.25, 0.3) is 0 Å². The number of benzene rings is 1. The summed E-state index contributed by atoms with van der Waals surface area (Å²) in [4.78, 5) is 17.3. The molecule has 2 aromatic rings. The maximum atomic E-state index is 13.1. The van der Waals surface area contributed by atoms with E-state index in [1.54, 1.807) is 4.68 Å². The molecule has 0 saturated heterocycles. The van der Waals surface area contributed by atoms with Crippen LogP contribution < -0.4 is 5.32 Å². The number of allylic oxidation sites excluding steroid dienone is 1. The molecule has 1 atom stereocenters. The molecule has 26 heavy (non-hydrogen) atoms. The molecule has 1 aromatic carbocycles. The van der Waals surface area contributed by atoms with Gasteiger partial charge in [-0.05, 0) is 50.3 Å². The van der Waals surface area contributed by atoms with E-state index in [-0.39, 0.29) is 18.1 Å². The van der Waals surface area contributed by atoms with Crippen LogP contribution in [0.1, 0.15) is 50.6 Å². The lowest BCUT2D eigenvalue weighted by Gasteiger charge is -2.30. The topological polar surface area (TPSA) is 69.0 Å². The van der Waals surface area contributed by atoms with Crippen LogP contribution in [-0.2, 0) is 9.53 Å². The second-order valence-corrected chi connectivity index (χ2v) is 7.73. The van der Waals surface area contributed by atoms with E-state index in [9.17, 15) is 4.79 Å². The Labute approximate surface area is 160 Å². The lowest BCUT2D eigenvalue weighted by atomic mass is 9.95. The van der Waals surface area contributed by atoms with E-state index in [1.165, 1.54) is 12.7 Å². The van der Waals surface area contributed by atoms with Gasteiger partial charge in [0.15, 0.2) is 0 Å². The van der Waals surface area contributed by atoms with E-state index < -0.39 is 0 Å². The van der Waals surface area contributed by atoms with Crippen molar-refractivity contribution in [2.24, 2.45) is 0 Å². The molecule has 6 nitrogen and oxygen atoms in total. The highest BCUT2D eigenvalue weighted by Gasteiger charge is 2.35. The van der Waals surface area contributed by atoms with Gasteiger partial charge in [-0.1, -0.05) is 34.5 Å². The molecule has 4 rings (SSSR count). The monoisotopic (exact) mass is 416 g/mol. The molecule has 0 amide bonds. The van der Waals surface area contributed by atoms with Gasteiger partial charge in [-0.15, -0.1) is 0 Å². The number of hydrogen-bond donors (Lipinski definition) is 1. The third-order valence-corrected chi connectivity index (χ3v) is 5.55. The van der Waals surface area contributed by atoms with Crippen molar-refractivity contribution in [2.45, 2.75) is 51.2 Å². The number of esters is 1. The molecule has 1 fully saturated rings. The van der Waals surface area contributed by atoms with E-state index in [4.69, 9.17) is 4.74 Å². The second kappa shape index (κ2) is 7.23. The minimum absolute atomic E-state index is 0.0132. The molecule has 136 valence electrons. The van der Waals surface area contributed by atoms with Crippen LogP contribution in [0, 0.1) is 0 Å². The maximum absolute atomic E-state index is 13.1. The van der Waals surface area contributed by atoms with Gasteiger partial charge in [0.05, 0.1) is 5.57 Å². The Morgan fingerprint density at radius 3 is 2.69 bits per heavy atom. The minimum Gasteiger partial charge on any atom is -0.459 e. The van der Waals surface area contributed by atoms with Crippen molar-refractivity contribution >= 4 is 27.8 Å². The number of fused-ring (bicyclic) bond motifs is 1. The smallest absolute Gasteiger partial charge is 0.338 e. The Morgan fingerprint density at radius 1 is 1.23 bits per heavy atom. The number of anilines is 1. The molecule has 7 heteroatoms. The highest BCUT2D eigenvalue weighted by molar-refractivity contribution is 9.10. The third-order valence-electron chi connectivity index (χ3n) is 5.03. The molecule has 1 aliphatic heterocycles. The summed E-state index contributed by atoms with van der Waals surface area (Å²) < 4.78 is 8.59. The Morgan fingerprint density at radius 2 is 1.96 bits per heavy atom. The molecule has 2 aliphatic rings. The first-order chi connectivity index (χ1) is 12.6. The van der Waals surface area contributed by atoms with Gasteiger partial charge in [-0.25, -0.2) is 9.48 Å². The summed E-state index contributed by atoms with van der Waals surface area (Å²) in [5, 5.41) is 7.52. The van der Waals surface area contributed by atoms with Crippen molar-refractivity contribution in [2.75, 3.05) is 5.32 Å². The Balaban J connectivity index is 1.69. The lowest BCUT2D eigenvalue weighted by molar-refractivity contribution is -0.146. The number of nitrogens with zero attached hydrogens (tertiary/aromatic N) is 3. The molecule has 0 bridgehead atoms. The number of nitrogens with one attached hydrogen (secondary N) is 1. The van der Waals surface area contributed by atoms with Crippen LogP contribution >= 0.6 is 15.9 Å². The van der Waals surface area contributed by atoms with Crippen molar-refractivity contribution in [3.05, 3.63) is 51.9 Å². The van der Waals surface area contributed by atoms with Crippen LogP contribution in [0.2, 0.25) is 0 Å². The van der Waals surface area contributed by atoms with Gasteiger partial charge in [0.25, 0.3) is 0 Å². The molecular formula is C19H21BrN4O2. The Kier molecular flexibility index (Phi) is 4.80. The zero-order chi connectivity index (χ0) is 18.1. The summed E-state index contributed by atoms with van der Waals surface area (Å²) in [6.45, 7) is 1.89. The molecular weight excluding hydrogens is 396 g/mol. The van der Waals surface area contributed by atoms with Crippen LogP contribution in [0.5, 0.6) is 0 Å². The van der Waals surface area contributed by atoms with Gasteiger partial charge in [0.1, 0.15) is 18.5 Å². The second-order valence-electron chi connectivity index (χ2n) is 6.81. The maximum Gasteiger partial charge on any atom is 0.338 e. The van der Waals surface area contributed by atoms with Gasteiger partial charge in [0, 0.05) is 10.2 Å². The number of ether oxygens (including phenoxy) is 1. The van der Waals surface area contributed by atoms with Crippen LogP contribution in [0.3, 0.4) is 0 Å². The van der Waals surface area contributed by atoms with Crippen molar-refractivity contribution in [1.29, 1.82) is 0 Å². The van der Waals surface area contributed by atoms with E-state index in [2.05, 4.69) is 31.3 Å². The molecule has 1 aromatic heterocycles. The van der Waals surface area contributed by atoms with Crippen molar-refractivity contribution in [1.82, 2.24) is 14.8 Å². The van der Waals surface area contributed by atoms with Crippen LogP contribution in [0.15, 0.2) is 46.3 Å². The lowest BCUT2D eigenvalue weighted by Crippen LogP contribution is -2.32. The average molecular weight is 417 g/mol. The summed E-state index contributed by atoms with van der Waals surface area (Å²) in [7, 11) is 0. The van der Waals surface area contributed by atoms with E-state index in [0.717, 1.165) is 41.4 Å². The van der Waals surface area contributed by atoms with Crippen LogP contribution in [0.4, 0.5) is 5.95 Å². The van der Waals surface area contributed by atoms with Gasteiger partial charge < -0.3 is 10.1 Å². The van der Waals surface area contributed by atoms with Crippen molar-refractivity contribution in [3.63, 3.8) is 0 Å². The van der Waals surface area contributed by atoms with E-state index >= 15 is 0 Å². The highest BCUT2D eigenvalue weighted by Crippen LogP contribution is 2.36. The summed E-state index contributed by atoms with van der Waals surface area (Å²) in [6.07, 6.45) is 6.87. The van der Waals surface area contributed by atoms with Crippen molar-refractivity contribution < 1.29 is 9.53 Å². The summed E-state index contributed by atoms with van der Waals surface area (Å²) in [5.74, 6) is 0.362. The van der Waals surface area contributed by atoms with Gasteiger partial charge in [-0.3, -0.25) is 0 Å². The number of hydrogen-bond acceptors (Lipinski definition) is 5. The third kappa shape index (κ3) is 3.28. The Bertz CT molecular complexity index is 837. The fraction of sp³-hybridized carbons (Fsp3) is 0.421. The van der Waals surface area contributed by atoms with Crippen molar-refractivity contribution in [3.8, 4) is 0 Å². The summed E-state index contributed by atoms with van der Waals surface area (Å²) in [6, 6.07) is 7.57. The largest absolute Gasteiger partial charge is 0.459 e. The molecule has 0 spiro atoms. The summed E-state index contributed by atoms with van der Waals surface area (Å²) in [5.41, 5.74) is 2.33. The number of carbonyl (C=O) groups excluding carboxylic acids is 1. The molecule has 1 N–H and O–H groups in total. The quantitative estimate of drug-likeness (QED) is 0.758. The fourth-order valence-electron chi connectivity index (χ4n) is 3.71. The highest BCUT2D eigenvalue weighted by atomic mass is 79.9. The number of rotatable bonds is 3. The molecule has 2 heterocycles. The molecule has 0 unspecified atom stereocenters. The number of carbonyl (C=O) groups is 1. The molecule has 1 saturated carbocycles. The number of aromatic nitrogens is 3.